The first-order valence-electron chi connectivity index (χ1n) is 5.39. The van der Waals surface area contributed by atoms with E-state index in [1.807, 2.05) is 24.3 Å². The van der Waals surface area contributed by atoms with Gasteiger partial charge < -0.3 is 15.4 Å². The Hall–Kier alpha value is -2.04. The van der Waals surface area contributed by atoms with Gasteiger partial charge in [0.1, 0.15) is 6.54 Å². The Morgan fingerprint density at radius 1 is 1.47 bits per heavy atom. The van der Waals surface area contributed by atoms with Crippen LogP contribution >= 0.6 is 0 Å². The molecule has 1 atom stereocenters. The first-order valence-corrected chi connectivity index (χ1v) is 5.39. The molecule has 0 spiro atoms. The van der Waals surface area contributed by atoms with Crippen LogP contribution in [0.3, 0.4) is 0 Å². The Morgan fingerprint density at radius 3 is 3.00 bits per heavy atom. The van der Waals surface area contributed by atoms with Gasteiger partial charge in [-0.2, -0.15) is 0 Å². The topological polar surface area (TPSA) is 67.4 Å². The van der Waals surface area contributed by atoms with Crippen LogP contribution in [0.15, 0.2) is 24.3 Å². The molecule has 1 aliphatic rings. The molecule has 1 aromatic carbocycles. The largest absolute Gasteiger partial charge is 0.468 e. The van der Waals surface area contributed by atoms with Crippen LogP contribution in [-0.4, -0.2) is 32.1 Å². The highest BCUT2D eigenvalue weighted by Crippen LogP contribution is 2.30. The minimum Gasteiger partial charge on any atom is -0.468 e. The molecule has 0 radical (unpaired) electrons. The number of esters is 1. The van der Waals surface area contributed by atoms with Gasteiger partial charge in [-0.15, -0.1) is 0 Å². The van der Waals surface area contributed by atoms with Crippen LogP contribution in [0.25, 0.3) is 0 Å². The summed E-state index contributed by atoms with van der Waals surface area (Å²) in [7, 11) is 1.29. The van der Waals surface area contributed by atoms with Crippen molar-refractivity contribution in [1.82, 2.24) is 5.32 Å². The maximum atomic E-state index is 11.9. The molecule has 1 amide bonds. The molecule has 0 fully saturated rings. The molecule has 0 aromatic heterocycles. The number of fused-ring (bicyclic) bond motifs is 1. The molecule has 2 N–H and O–H groups in total. The zero-order chi connectivity index (χ0) is 12.3. The van der Waals surface area contributed by atoms with Crippen molar-refractivity contribution in [3.05, 3.63) is 29.8 Å². The molecule has 1 aliphatic heterocycles. The van der Waals surface area contributed by atoms with Crippen LogP contribution in [0.4, 0.5) is 5.69 Å². The summed E-state index contributed by atoms with van der Waals surface area (Å²) in [4.78, 5) is 22.8. The van der Waals surface area contributed by atoms with Gasteiger partial charge in [-0.05, 0) is 11.6 Å². The Bertz CT molecular complexity index is 445. The van der Waals surface area contributed by atoms with Crippen LogP contribution in [0.2, 0.25) is 0 Å². The second kappa shape index (κ2) is 4.86. The summed E-state index contributed by atoms with van der Waals surface area (Å²) in [5, 5.41) is 5.72. The van der Waals surface area contributed by atoms with Crippen molar-refractivity contribution in [2.75, 3.05) is 25.5 Å². The third-order valence-electron chi connectivity index (χ3n) is 2.78. The van der Waals surface area contributed by atoms with Gasteiger partial charge in [-0.1, -0.05) is 18.2 Å². The predicted octanol–water partition coefficient (Wildman–Crippen LogP) is 0.485. The van der Waals surface area contributed by atoms with Gasteiger partial charge in [0, 0.05) is 12.2 Å². The lowest BCUT2D eigenvalue weighted by molar-refractivity contribution is -0.141. The van der Waals surface area contributed by atoms with Gasteiger partial charge >= 0.3 is 5.97 Å². The Morgan fingerprint density at radius 2 is 2.24 bits per heavy atom. The quantitative estimate of drug-likeness (QED) is 0.747. The number of hydrogen-bond donors (Lipinski definition) is 2. The van der Waals surface area contributed by atoms with E-state index in [0.717, 1.165) is 11.3 Å². The van der Waals surface area contributed by atoms with E-state index < -0.39 is 5.97 Å². The Labute approximate surface area is 99.2 Å². The number of amides is 1. The van der Waals surface area contributed by atoms with E-state index in [9.17, 15) is 9.59 Å². The molecule has 17 heavy (non-hydrogen) atoms. The SMILES string of the molecule is COC(=O)CNC(=O)C1CNc2ccccc21. The molecule has 0 bridgehead atoms. The molecule has 2 rings (SSSR count). The molecule has 1 aromatic rings. The van der Waals surface area contributed by atoms with Gasteiger partial charge in [0.05, 0.1) is 13.0 Å². The molecule has 0 aliphatic carbocycles. The number of benzene rings is 1. The van der Waals surface area contributed by atoms with Crippen molar-refractivity contribution in [3.8, 4) is 0 Å². The summed E-state index contributed by atoms with van der Waals surface area (Å²) >= 11 is 0. The fourth-order valence-electron chi connectivity index (χ4n) is 1.87. The van der Waals surface area contributed by atoms with E-state index in [0.29, 0.717) is 6.54 Å². The van der Waals surface area contributed by atoms with Gasteiger partial charge in [-0.3, -0.25) is 9.59 Å². The number of nitrogens with one attached hydrogen (secondary N) is 2. The lowest BCUT2D eigenvalue weighted by Gasteiger charge is -2.10. The van der Waals surface area contributed by atoms with Crippen LogP contribution in [0, 0.1) is 0 Å². The highest BCUT2D eigenvalue weighted by molar-refractivity contribution is 5.90. The fourth-order valence-corrected chi connectivity index (χ4v) is 1.87. The van der Waals surface area contributed by atoms with Gasteiger partial charge in [0.2, 0.25) is 5.91 Å². The lowest BCUT2D eigenvalue weighted by atomic mass is 10.0. The van der Waals surface area contributed by atoms with Crippen molar-refractivity contribution in [3.63, 3.8) is 0 Å². The summed E-state index contributed by atoms with van der Waals surface area (Å²) < 4.78 is 4.46. The van der Waals surface area contributed by atoms with E-state index in [2.05, 4.69) is 15.4 Å². The number of para-hydroxylation sites is 1. The van der Waals surface area contributed by atoms with Crippen molar-refractivity contribution >= 4 is 17.6 Å². The summed E-state index contributed by atoms with van der Waals surface area (Å²) in [6, 6.07) is 7.66. The second-order valence-corrected chi connectivity index (χ2v) is 3.81. The first kappa shape index (κ1) is 11.4. The number of methoxy groups -OCH3 is 1. The standard InChI is InChI=1S/C12H14N2O3/c1-17-11(15)7-14-12(16)9-6-13-10-5-3-2-4-8(9)10/h2-5,9,13H,6-7H2,1H3,(H,14,16). The molecule has 0 saturated heterocycles. The number of rotatable bonds is 3. The molecular formula is C12H14N2O3. The van der Waals surface area contributed by atoms with E-state index in [1.165, 1.54) is 7.11 Å². The van der Waals surface area contributed by atoms with Crippen LogP contribution < -0.4 is 10.6 Å². The molecular weight excluding hydrogens is 220 g/mol. The van der Waals surface area contributed by atoms with Crippen molar-refractivity contribution in [2.45, 2.75) is 5.92 Å². The minimum atomic E-state index is -0.447. The number of hydrogen-bond acceptors (Lipinski definition) is 4. The van der Waals surface area contributed by atoms with Crippen molar-refractivity contribution < 1.29 is 14.3 Å². The monoisotopic (exact) mass is 234 g/mol. The number of ether oxygens (including phenoxy) is 1. The summed E-state index contributed by atoms with van der Waals surface area (Å²) in [5.74, 6) is -0.846. The number of carbonyl (C=O) groups is 2. The molecule has 1 heterocycles. The van der Waals surface area contributed by atoms with E-state index in [4.69, 9.17) is 0 Å². The molecule has 5 nitrogen and oxygen atoms in total. The summed E-state index contributed by atoms with van der Waals surface area (Å²) in [5.41, 5.74) is 1.94. The summed E-state index contributed by atoms with van der Waals surface area (Å²) in [6.45, 7) is 0.473. The highest BCUT2D eigenvalue weighted by Gasteiger charge is 2.28. The van der Waals surface area contributed by atoms with E-state index in [-0.39, 0.29) is 18.4 Å². The zero-order valence-electron chi connectivity index (χ0n) is 9.53. The van der Waals surface area contributed by atoms with Crippen LogP contribution in [-0.2, 0) is 14.3 Å². The lowest BCUT2D eigenvalue weighted by Crippen LogP contribution is -2.34. The number of anilines is 1. The van der Waals surface area contributed by atoms with Crippen LogP contribution in [0.5, 0.6) is 0 Å². The van der Waals surface area contributed by atoms with Crippen molar-refractivity contribution in [1.29, 1.82) is 0 Å². The predicted molar refractivity (Wildman–Crippen MR) is 62.7 cm³/mol. The first-order chi connectivity index (χ1) is 8.22. The van der Waals surface area contributed by atoms with Crippen molar-refractivity contribution in [2.24, 2.45) is 0 Å². The third-order valence-corrected chi connectivity index (χ3v) is 2.78. The highest BCUT2D eigenvalue weighted by atomic mass is 16.5. The molecule has 90 valence electrons. The maximum Gasteiger partial charge on any atom is 0.325 e. The number of carbonyl (C=O) groups excluding carboxylic acids is 2. The van der Waals surface area contributed by atoms with E-state index >= 15 is 0 Å². The average Bonchev–Trinajstić information content (AvgIpc) is 2.79. The smallest absolute Gasteiger partial charge is 0.325 e. The molecule has 0 saturated carbocycles. The second-order valence-electron chi connectivity index (χ2n) is 3.81. The fraction of sp³-hybridized carbons (Fsp3) is 0.333. The normalized spacial score (nSPS) is 16.9. The molecule has 1 unspecified atom stereocenters. The summed E-state index contributed by atoms with van der Waals surface area (Å²) in [6.07, 6.45) is 0. The average molecular weight is 234 g/mol. The maximum absolute atomic E-state index is 11.9. The Kier molecular flexibility index (Phi) is 3.27. The van der Waals surface area contributed by atoms with Crippen LogP contribution in [0.1, 0.15) is 11.5 Å². The van der Waals surface area contributed by atoms with Gasteiger partial charge in [-0.25, -0.2) is 0 Å². The third kappa shape index (κ3) is 2.38. The minimum absolute atomic E-state index is 0.0893. The van der Waals surface area contributed by atoms with Gasteiger partial charge in [0.15, 0.2) is 0 Å². The molecule has 5 heteroatoms. The zero-order valence-corrected chi connectivity index (χ0v) is 9.53. The Balaban J connectivity index is 2.00. The van der Waals surface area contributed by atoms with Gasteiger partial charge in [0.25, 0.3) is 0 Å². The van der Waals surface area contributed by atoms with E-state index in [1.54, 1.807) is 0 Å².